The standard InChI is InChI=1S/C21H26O6/c1-14-5-7-15(8-6-14)9-10-18(22)26-16-12-24-21-17(13-25-20(16)21)27-19-4-2-3-11-23-19/h5-10,16-17,19-21H,2-4,11-13H2,1H3/b10-9+/t16-,17+,19?,20?,21?/m1/s1. The van der Waals surface area contributed by atoms with Crippen LogP contribution in [0.5, 0.6) is 0 Å². The van der Waals surface area contributed by atoms with Gasteiger partial charge in [-0.3, -0.25) is 0 Å². The monoisotopic (exact) mass is 374 g/mol. The minimum atomic E-state index is -0.411. The van der Waals surface area contributed by atoms with Gasteiger partial charge in [-0.2, -0.15) is 0 Å². The lowest BCUT2D eigenvalue weighted by molar-refractivity contribution is -0.202. The number of rotatable bonds is 5. The molecule has 0 spiro atoms. The van der Waals surface area contributed by atoms with Crippen molar-refractivity contribution < 1.29 is 28.5 Å². The number of aryl methyl sites for hydroxylation is 1. The Morgan fingerprint density at radius 2 is 1.78 bits per heavy atom. The zero-order valence-electron chi connectivity index (χ0n) is 15.5. The predicted octanol–water partition coefficient (Wildman–Crippen LogP) is 2.63. The van der Waals surface area contributed by atoms with E-state index in [9.17, 15) is 4.79 Å². The molecule has 5 atom stereocenters. The van der Waals surface area contributed by atoms with Gasteiger partial charge in [0.25, 0.3) is 0 Å². The van der Waals surface area contributed by atoms with Gasteiger partial charge >= 0.3 is 5.97 Å². The Labute approximate surface area is 159 Å². The second kappa shape index (κ2) is 8.52. The molecule has 0 bridgehead atoms. The number of benzene rings is 1. The van der Waals surface area contributed by atoms with Crippen LogP contribution in [0.15, 0.2) is 30.3 Å². The van der Waals surface area contributed by atoms with Crippen LogP contribution in [0.4, 0.5) is 0 Å². The predicted molar refractivity (Wildman–Crippen MR) is 98.0 cm³/mol. The van der Waals surface area contributed by atoms with Crippen LogP contribution in [0.25, 0.3) is 6.08 Å². The highest BCUT2D eigenvalue weighted by atomic mass is 16.7. The van der Waals surface area contributed by atoms with E-state index in [1.807, 2.05) is 31.2 Å². The summed E-state index contributed by atoms with van der Waals surface area (Å²) in [4.78, 5) is 12.2. The van der Waals surface area contributed by atoms with Crippen LogP contribution in [0.2, 0.25) is 0 Å². The number of hydrogen-bond donors (Lipinski definition) is 0. The summed E-state index contributed by atoms with van der Waals surface area (Å²) in [5.41, 5.74) is 2.13. The zero-order chi connectivity index (χ0) is 18.6. The third-order valence-electron chi connectivity index (χ3n) is 5.18. The molecule has 3 heterocycles. The van der Waals surface area contributed by atoms with Gasteiger partial charge in [0.2, 0.25) is 0 Å². The molecule has 146 valence electrons. The SMILES string of the molecule is Cc1ccc(/C=C/C(=O)O[C@@H]2COC3C2OC[C@@H]3OC2CCCCO2)cc1. The van der Waals surface area contributed by atoms with Crippen LogP contribution >= 0.6 is 0 Å². The van der Waals surface area contributed by atoms with Gasteiger partial charge in [0.15, 0.2) is 12.4 Å². The molecule has 4 rings (SSSR count). The van der Waals surface area contributed by atoms with Crippen molar-refractivity contribution in [3.63, 3.8) is 0 Å². The van der Waals surface area contributed by atoms with Gasteiger partial charge in [-0.05, 0) is 37.8 Å². The molecule has 0 saturated carbocycles. The van der Waals surface area contributed by atoms with Crippen molar-refractivity contribution in [1.82, 2.24) is 0 Å². The number of carbonyl (C=O) groups is 1. The van der Waals surface area contributed by atoms with Crippen molar-refractivity contribution in [2.24, 2.45) is 0 Å². The molecule has 0 aromatic heterocycles. The first-order valence-electron chi connectivity index (χ1n) is 9.65. The third-order valence-corrected chi connectivity index (χ3v) is 5.18. The van der Waals surface area contributed by atoms with Crippen molar-refractivity contribution in [3.8, 4) is 0 Å². The maximum Gasteiger partial charge on any atom is 0.331 e. The summed E-state index contributed by atoms with van der Waals surface area (Å²) < 4.78 is 28.8. The molecule has 3 aliphatic heterocycles. The first-order valence-corrected chi connectivity index (χ1v) is 9.65. The summed E-state index contributed by atoms with van der Waals surface area (Å²) in [5.74, 6) is -0.395. The van der Waals surface area contributed by atoms with Gasteiger partial charge in [-0.1, -0.05) is 29.8 Å². The highest BCUT2D eigenvalue weighted by molar-refractivity contribution is 5.87. The van der Waals surface area contributed by atoms with Crippen molar-refractivity contribution >= 4 is 12.0 Å². The summed E-state index contributed by atoms with van der Waals surface area (Å²) in [6, 6.07) is 7.93. The van der Waals surface area contributed by atoms with Crippen molar-refractivity contribution in [2.45, 2.75) is 56.9 Å². The zero-order valence-corrected chi connectivity index (χ0v) is 15.5. The highest BCUT2D eigenvalue weighted by Crippen LogP contribution is 2.32. The van der Waals surface area contributed by atoms with Crippen LogP contribution in [-0.2, 0) is 28.5 Å². The van der Waals surface area contributed by atoms with Gasteiger partial charge in [0.05, 0.1) is 13.2 Å². The fourth-order valence-electron chi connectivity index (χ4n) is 3.69. The quantitative estimate of drug-likeness (QED) is 0.583. The minimum Gasteiger partial charge on any atom is -0.454 e. The molecule has 3 fully saturated rings. The lowest BCUT2D eigenvalue weighted by Gasteiger charge is -2.27. The number of esters is 1. The average molecular weight is 374 g/mol. The molecular weight excluding hydrogens is 348 g/mol. The van der Waals surface area contributed by atoms with E-state index in [0.29, 0.717) is 13.2 Å². The van der Waals surface area contributed by atoms with Crippen molar-refractivity contribution in [3.05, 3.63) is 41.5 Å². The highest BCUT2D eigenvalue weighted by Gasteiger charge is 2.50. The number of ether oxygens (including phenoxy) is 5. The van der Waals surface area contributed by atoms with Crippen LogP contribution < -0.4 is 0 Å². The molecule has 1 aromatic carbocycles. The van der Waals surface area contributed by atoms with Crippen LogP contribution in [-0.4, -0.2) is 56.5 Å². The fraction of sp³-hybridized carbons (Fsp3) is 0.571. The Balaban J connectivity index is 1.28. The Bertz CT molecular complexity index is 664. The van der Waals surface area contributed by atoms with E-state index < -0.39 is 12.1 Å². The first-order chi connectivity index (χ1) is 13.2. The Morgan fingerprint density at radius 3 is 2.52 bits per heavy atom. The number of carbonyl (C=O) groups excluding carboxylic acids is 1. The lowest BCUT2D eigenvalue weighted by Crippen LogP contribution is -2.37. The lowest BCUT2D eigenvalue weighted by atomic mass is 10.1. The normalized spacial score (nSPS) is 33.3. The van der Waals surface area contributed by atoms with Gasteiger partial charge in [-0.25, -0.2) is 4.79 Å². The molecule has 3 unspecified atom stereocenters. The molecule has 27 heavy (non-hydrogen) atoms. The molecule has 6 nitrogen and oxygen atoms in total. The van der Waals surface area contributed by atoms with Gasteiger partial charge in [-0.15, -0.1) is 0 Å². The number of fused-ring (bicyclic) bond motifs is 1. The van der Waals surface area contributed by atoms with Gasteiger partial charge in [0, 0.05) is 12.7 Å². The van der Waals surface area contributed by atoms with Crippen LogP contribution in [0.1, 0.15) is 30.4 Å². The average Bonchev–Trinajstić information content (AvgIpc) is 3.26. The summed E-state index contributed by atoms with van der Waals surface area (Å²) >= 11 is 0. The fourth-order valence-corrected chi connectivity index (χ4v) is 3.69. The maximum atomic E-state index is 12.2. The van der Waals surface area contributed by atoms with E-state index >= 15 is 0 Å². The van der Waals surface area contributed by atoms with Crippen molar-refractivity contribution in [1.29, 1.82) is 0 Å². The molecule has 0 radical (unpaired) electrons. The Morgan fingerprint density at radius 1 is 1.04 bits per heavy atom. The van der Waals surface area contributed by atoms with E-state index in [4.69, 9.17) is 23.7 Å². The summed E-state index contributed by atoms with van der Waals surface area (Å²) in [7, 11) is 0. The molecule has 0 N–H and O–H groups in total. The molecule has 6 heteroatoms. The van der Waals surface area contributed by atoms with Crippen LogP contribution in [0, 0.1) is 6.92 Å². The molecule has 0 aliphatic carbocycles. The van der Waals surface area contributed by atoms with E-state index in [1.165, 1.54) is 11.6 Å². The van der Waals surface area contributed by atoms with E-state index in [2.05, 4.69) is 0 Å². The summed E-state index contributed by atoms with van der Waals surface area (Å²) in [6.07, 6.45) is 5.01. The second-order valence-corrected chi connectivity index (χ2v) is 7.29. The van der Waals surface area contributed by atoms with Crippen LogP contribution in [0.3, 0.4) is 0 Å². The van der Waals surface area contributed by atoms with E-state index in [-0.39, 0.29) is 24.6 Å². The molecule has 3 aliphatic rings. The largest absolute Gasteiger partial charge is 0.454 e. The third kappa shape index (κ3) is 4.58. The van der Waals surface area contributed by atoms with Gasteiger partial charge in [0.1, 0.15) is 18.3 Å². The molecule has 1 aromatic rings. The molecule has 3 saturated heterocycles. The Kier molecular flexibility index (Phi) is 5.88. The summed E-state index contributed by atoms with van der Waals surface area (Å²) in [5, 5.41) is 0. The van der Waals surface area contributed by atoms with Gasteiger partial charge < -0.3 is 23.7 Å². The molecule has 0 amide bonds. The number of hydrogen-bond acceptors (Lipinski definition) is 6. The van der Waals surface area contributed by atoms with E-state index in [0.717, 1.165) is 31.4 Å². The minimum absolute atomic E-state index is 0.176. The smallest absolute Gasteiger partial charge is 0.331 e. The Hall–Kier alpha value is -1.73. The topological polar surface area (TPSA) is 63.2 Å². The summed E-state index contributed by atoms with van der Waals surface area (Å²) in [6.45, 7) is 3.52. The van der Waals surface area contributed by atoms with Crippen molar-refractivity contribution in [2.75, 3.05) is 19.8 Å². The van der Waals surface area contributed by atoms with E-state index in [1.54, 1.807) is 6.08 Å². The first kappa shape index (κ1) is 18.6. The second-order valence-electron chi connectivity index (χ2n) is 7.29. The maximum absolute atomic E-state index is 12.2. The molecular formula is C21H26O6.